The van der Waals surface area contributed by atoms with Crippen molar-refractivity contribution in [2.24, 2.45) is 15.0 Å². The summed E-state index contributed by atoms with van der Waals surface area (Å²) in [5.74, 6) is 1.11. The molecule has 244 valence electrons. The standard InChI is InChI=1S/C46H34N4O/c1-47-45(35-18-8-3-9-19-35)49-46(36-20-10-4-11-21-36)48-32-33-28-29-40-43(30-33)51-42-27-15-26-41(44(40)42)50(38-23-12-5-13-24-38)39-25-14-22-37(31-39)34-16-6-2-7-17-34/h2-31H,1,32H2. The van der Waals surface area contributed by atoms with E-state index in [0.29, 0.717) is 18.2 Å². The van der Waals surface area contributed by atoms with Crippen LogP contribution in [0.25, 0.3) is 33.1 Å². The van der Waals surface area contributed by atoms with Crippen LogP contribution in [0.4, 0.5) is 17.1 Å². The van der Waals surface area contributed by atoms with Crippen LogP contribution in [0.1, 0.15) is 16.7 Å². The average molecular weight is 659 g/mol. The van der Waals surface area contributed by atoms with E-state index in [2.05, 4.69) is 120 Å². The third kappa shape index (κ3) is 6.61. The topological polar surface area (TPSA) is 53.5 Å². The van der Waals surface area contributed by atoms with Crippen LogP contribution < -0.4 is 4.90 Å². The van der Waals surface area contributed by atoms with E-state index in [1.165, 1.54) is 5.56 Å². The average Bonchev–Trinajstić information content (AvgIpc) is 3.58. The maximum atomic E-state index is 6.55. The Balaban J connectivity index is 1.20. The van der Waals surface area contributed by atoms with E-state index >= 15 is 0 Å². The predicted molar refractivity (Wildman–Crippen MR) is 213 cm³/mol. The molecule has 0 fully saturated rings. The summed E-state index contributed by atoms with van der Waals surface area (Å²) in [7, 11) is 0. The van der Waals surface area contributed by atoms with Gasteiger partial charge in [0.15, 0.2) is 11.7 Å². The van der Waals surface area contributed by atoms with Gasteiger partial charge in [0.2, 0.25) is 0 Å². The molecule has 7 aromatic carbocycles. The highest BCUT2D eigenvalue weighted by atomic mass is 16.3. The van der Waals surface area contributed by atoms with Crippen molar-refractivity contribution in [2.45, 2.75) is 6.54 Å². The minimum Gasteiger partial charge on any atom is -0.456 e. The van der Waals surface area contributed by atoms with Crippen molar-refractivity contribution in [2.75, 3.05) is 4.90 Å². The van der Waals surface area contributed by atoms with Crippen LogP contribution in [0.2, 0.25) is 0 Å². The van der Waals surface area contributed by atoms with Gasteiger partial charge in [-0.25, -0.2) is 9.98 Å². The van der Waals surface area contributed by atoms with E-state index in [0.717, 1.165) is 61.3 Å². The van der Waals surface area contributed by atoms with E-state index in [1.54, 1.807) is 0 Å². The van der Waals surface area contributed by atoms with Gasteiger partial charge in [-0.1, -0.05) is 140 Å². The van der Waals surface area contributed by atoms with Gasteiger partial charge in [-0.3, -0.25) is 4.99 Å². The number of furan rings is 1. The van der Waals surface area contributed by atoms with Gasteiger partial charge in [0.1, 0.15) is 11.2 Å². The molecular weight excluding hydrogens is 625 g/mol. The molecule has 0 saturated heterocycles. The monoisotopic (exact) mass is 658 g/mol. The first kappa shape index (κ1) is 31.4. The first-order chi connectivity index (χ1) is 25.2. The molecule has 0 saturated carbocycles. The van der Waals surface area contributed by atoms with Gasteiger partial charge in [0.05, 0.1) is 17.6 Å². The zero-order valence-corrected chi connectivity index (χ0v) is 27.9. The zero-order valence-electron chi connectivity index (χ0n) is 27.9. The molecule has 0 unspecified atom stereocenters. The van der Waals surface area contributed by atoms with Crippen molar-refractivity contribution in [3.63, 3.8) is 0 Å². The smallest absolute Gasteiger partial charge is 0.161 e. The molecule has 0 amide bonds. The lowest BCUT2D eigenvalue weighted by molar-refractivity contribution is 0.668. The second kappa shape index (κ2) is 14.3. The van der Waals surface area contributed by atoms with Crippen LogP contribution >= 0.6 is 0 Å². The highest BCUT2D eigenvalue weighted by molar-refractivity contribution is 6.14. The minimum absolute atomic E-state index is 0.412. The first-order valence-corrected chi connectivity index (χ1v) is 16.9. The van der Waals surface area contributed by atoms with Crippen LogP contribution in [-0.4, -0.2) is 18.4 Å². The number of rotatable bonds is 8. The molecule has 1 heterocycles. The Kier molecular flexibility index (Phi) is 8.83. The van der Waals surface area contributed by atoms with Gasteiger partial charge in [-0.05, 0) is 65.9 Å². The van der Waals surface area contributed by atoms with Crippen molar-refractivity contribution in [3.05, 3.63) is 199 Å². The number of benzene rings is 7. The van der Waals surface area contributed by atoms with Crippen molar-refractivity contribution >= 4 is 57.4 Å². The molecule has 0 aliphatic rings. The molecule has 0 atom stereocenters. The number of fused-ring (bicyclic) bond motifs is 3. The van der Waals surface area contributed by atoms with Crippen LogP contribution in [0, 0.1) is 0 Å². The van der Waals surface area contributed by atoms with Gasteiger partial charge >= 0.3 is 0 Å². The number of para-hydroxylation sites is 1. The summed E-state index contributed by atoms with van der Waals surface area (Å²) in [5, 5.41) is 2.09. The number of hydrogen-bond donors (Lipinski definition) is 0. The molecule has 8 aromatic rings. The van der Waals surface area contributed by atoms with E-state index in [4.69, 9.17) is 14.4 Å². The Hall–Kier alpha value is -6.85. The number of anilines is 3. The lowest BCUT2D eigenvalue weighted by Gasteiger charge is -2.26. The summed E-state index contributed by atoms with van der Waals surface area (Å²) in [6.45, 7) is 4.19. The summed E-state index contributed by atoms with van der Waals surface area (Å²) >= 11 is 0. The number of amidine groups is 2. The second-order valence-electron chi connectivity index (χ2n) is 12.1. The van der Waals surface area contributed by atoms with E-state index in [1.807, 2.05) is 78.9 Å². The van der Waals surface area contributed by atoms with Crippen LogP contribution in [0.5, 0.6) is 0 Å². The number of hydrogen-bond acceptors (Lipinski definition) is 3. The number of aliphatic imine (C=N–C) groups is 3. The number of nitrogens with zero attached hydrogens (tertiary/aromatic N) is 4. The van der Waals surface area contributed by atoms with Gasteiger partial charge < -0.3 is 9.32 Å². The molecule has 0 N–H and O–H groups in total. The predicted octanol–water partition coefficient (Wildman–Crippen LogP) is 11.8. The molecule has 0 aliphatic heterocycles. The largest absolute Gasteiger partial charge is 0.456 e. The Morgan fingerprint density at radius 2 is 1.14 bits per heavy atom. The van der Waals surface area contributed by atoms with E-state index < -0.39 is 0 Å². The molecule has 51 heavy (non-hydrogen) atoms. The van der Waals surface area contributed by atoms with Crippen LogP contribution in [-0.2, 0) is 6.54 Å². The van der Waals surface area contributed by atoms with Crippen molar-refractivity contribution in [1.82, 2.24) is 0 Å². The SMILES string of the molecule is C=NC(=NC(=NCc1ccc2c(c1)oc1cccc(N(c3ccccc3)c3cccc(-c4ccccc4)c3)c12)c1ccccc1)c1ccccc1. The maximum absolute atomic E-state index is 6.55. The second-order valence-corrected chi connectivity index (χ2v) is 12.1. The fourth-order valence-corrected chi connectivity index (χ4v) is 6.42. The summed E-state index contributed by atoms with van der Waals surface area (Å²) in [5.41, 5.74) is 9.92. The molecule has 5 heteroatoms. The van der Waals surface area contributed by atoms with E-state index in [-0.39, 0.29) is 0 Å². The van der Waals surface area contributed by atoms with Crippen molar-refractivity contribution < 1.29 is 4.42 Å². The van der Waals surface area contributed by atoms with Crippen molar-refractivity contribution in [3.8, 4) is 11.1 Å². The Labute approximate surface area is 297 Å². The molecular formula is C46H34N4O. The fourth-order valence-electron chi connectivity index (χ4n) is 6.42. The minimum atomic E-state index is 0.412. The quantitative estimate of drug-likeness (QED) is 0.120. The van der Waals surface area contributed by atoms with Gasteiger partial charge in [0.25, 0.3) is 0 Å². The molecule has 0 bridgehead atoms. The lowest BCUT2D eigenvalue weighted by Crippen LogP contribution is -2.10. The van der Waals surface area contributed by atoms with Crippen LogP contribution in [0.15, 0.2) is 201 Å². The third-order valence-electron chi connectivity index (χ3n) is 8.84. The Morgan fingerprint density at radius 1 is 0.529 bits per heavy atom. The Bertz CT molecular complexity index is 2500. The molecule has 8 rings (SSSR count). The summed E-state index contributed by atoms with van der Waals surface area (Å²) in [6, 6.07) is 62.1. The molecule has 0 spiro atoms. The fraction of sp³-hybridized carbons (Fsp3) is 0.0217. The first-order valence-electron chi connectivity index (χ1n) is 16.9. The molecule has 0 radical (unpaired) electrons. The third-order valence-corrected chi connectivity index (χ3v) is 8.84. The molecule has 1 aromatic heterocycles. The highest BCUT2D eigenvalue weighted by Crippen LogP contribution is 2.43. The highest BCUT2D eigenvalue weighted by Gasteiger charge is 2.20. The summed E-state index contributed by atoms with van der Waals surface area (Å²) < 4.78 is 6.55. The lowest BCUT2D eigenvalue weighted by atomic mass is 10.0. The Morgan fingerprint density at radius 3 is 1.84 bits per heavy atom. The van der Waals surface area contributed by atoms with Gasteiger partial charge in [0, 0.05) is 27.9 Å². The summed E-state index contributed by atoms with van der Waals surface area (Å²) in [6.07, 6.45) is 0. The zero-order chi connectivity index (χ0) is 34.4. The van der Waals surface area contributed by atoms with Gasteiger partial charge in [-0.2, -0.15) is 0 Å². The van der Waals surface area contributed by atoms with Gasteiger partial charge in [-0.15, -0.1) is 0 Å². The summed E-state index contributed by atoms with van der Waals surface area (Å²) in [4.78, 5) is 16.4. The maximum Gasteiger partial charge on any atom is 0.161 e. The van der Waals surface area contributed by atoms with Crippen molar-refractivity contribution in [1.29, 1.82) is 0 Å². The molecule has 5 nitrogen and oxygen atoms in total. The van der Waals surface area contributed by atoms with Crippen LogP contribution in [0.3, 0.4) is 0 Å². The normalized spacial score (nSPS) is 11.9. The van der Waals surface area contributed by atoms with E-state index in [9.17, 15) is 0 Å². The molecule has 0 aliphatic carbocycles.